The molecule has 1 heterocycles. The lowest BCUT2D eigenvalue weighted by Gasteiger charge is -2.21. The predicted molar refractivity (Wildman–Crippen MR) is 111 cm³/mol. The van der Waals surface area contributed by atoms with Gasteiger partial charge in [0.25, 0.3) is 0 Å². The van der Waals surface area contributed by atoms with Crippen molar-refractivity contribution in [1.82, 2.24) is 5.32 Å². The van der Waals surface area contributed by atoms with Gasteiger partial charge < -0.3 is 5.32 Å². The first-order chi connectivity index (χ1) is 14.1. The standard InChI is InChI=1S/C24H26N2O3/c27-20(25-18-6-2-1-3-7-18)12-9-15-5-4-8-19(13-15)26-23(28)21-16-10-11-17(14-16)22(21)24(26)29/h4-5,8-13,16-18,21-22H,1-3,6-7,14H2,(H,25,27)/b12-9+/t16-,17-,21-,22+/m1/s1. The van der Waals surface area contributed by atoms with E-state index in [1.54, 1.807) is 18.2 Å². The second-order valence-corrected chi connectivity index (χ2v) is 8.78. The fraction of sp³-hybridized carbons (Fsp3) is 0.458. The molecular weight excluding hydrogens is 364 g/mol. The number of hydrogen-bond donors (Lipinski definition) is 1. The molecule has 3 amide bonds. The van der Waals surface area contributed by atoms with Crippen molar-refractivity contribution in [1.29, 1.82) is 0 Å². The van der Waals surface area contributed by atoms with Crippen molar-refractivity contribution in [2.75, 3.05) is 4.90 Å². The first-order valence-electron chi connectivity index (χ1n) is 10.8. The minimum absolute atomic E-state index is 0.0759. The lowest BCUT2D eigenvalue weighted by molar-refractivity contribution is -0.123. The van der Waals surface area contributed by atoms with E-state index in [1.165, 1.54) is 24.2 Å². The molecule has 29 heavy (non-hydrogen) atoms. The highest BCUT2D eigenvalue weighted by atomic mass is 16.2. The molecule has 1 aromatic rings. The van der Waals surface area contributed by atoms with Crippen LogP contribution < -0.4 is 10.2 Å². The maximum atomic E-state index is 13.0. The van der Waals surface area contributed by atoms with E-state index >= 15 is 0 Å². The second-order valence-electron chi connectivity index (χ2n) is 8.78. The summed E-state index contributed by atoms with van der Waals surface area (Å²) in [7, 11) is 0. The Morgan fingerprint density at radius 2 is 1.69 bits per heavy atom. The molecule has 0 spiro atoms. The molecule has 4 atom stereocenters. The summed E-state index contributed by atoms with van der Waals surface area (Å²) in [5.74, 6) is -0.221. The first kappa shape index (κ1) is 18.3. The Morgan fingerprint density at radius 3 is 2.38 bits per heavy atom. The van der Waals surface area contributed by atoms with Crippen LogP contribution in [0.4, 0.5) is 5.69 Å². The highest BCUT2D eigenvalue weighted by molar-refractivity contribution is 6.22. The van der Waals surface area contributed by atoms with Crippen LogP contribution in [-0.4, -0.2) is 23.8 Å². The van der Waals surface area contributed by atoms with E-state index < -0.39 is 0 Å². The van der Waals surface area contributed by atoms with Crippen LogP contribution in [0, 0.1) is 23.7 Å². The Morgan fingerprint density at radius 1 is 1.00 bits per heavy atom. The minimum atomic E-state index is -0.196. The van der Waals surface area contributed by atoms with E-state index in [4.69, 9.17) is 0 Å². The van der Waals surface area contributed by atoms with Crippen LogP contribution in [0.25, 0.3) is 6.08 Å². The van der Waals surface area contributed by atoms with Crippen molar-refractivity contribution in [2.24, 2.45) is 23.7 Å². The molecule has 3 fully saturated rings. The van der Waals surface area contributed by atoms with Gasteiger partial charge in [0.2, 0.25) is 17.7 Å². The Balaban J connectivity index is 1.29. The number of nitrogens with one attached hydrogen (secondary N) is 1. The van der Waals surface area contributed by atoms with Gasteiger partial charge in [0.1, 0.15) is 0 Å². The molecule has 4 aliphatic rings. The van der Waals surface area contributed by atoms with Crippen LogP contribution in [0.2, 0.25) is 0 Å². The fourth-order valence-electron chi connectivity index (χ4n) is 5.59. The van der Waals surface area contributed by atoms with Gasteiger partial charge in [-0.2, -0.15) is 0 Å². The van der Waals surface area contributed by atoms with Crippen molar-refractivity contribution in [3.63, 3.8) is 0 Å². The van der Waals surface area contributed by atoms with Crippen molar-refractivity contribution < 1.29 is 14.4 Å². The zero-order valence-corrected chi connectivity index (χ0v) is 16.4. The van der Waals surface area contributed by atoms with Crippen LogP contribution >= 0.6 is 0 Å². The molecule has 150 valence electrons. The van der Waals surface area contributed by atoms with Crippen LogP contribution in [-0.2, 0) is 14.4 Å². The molecule has 0 radical (unpaired) electrons. The lowest BCUT2D eigenvalue weighted by atomic mass is 9.85. The summed E-state index contributed by atoms with van der Waals surface area (Å²) in [6.45, 7) is 0. The maximum absolute atomic E-state index is 13.0. The van der Waals surface area contributed by atoms with Crippen LogP contribution in [0.1, 0.15) is 44.1 Å². The third-order valence-corrected chi connectivity index (χ3v) is 6.98. The lowest BCUT2D eigenvalue weighted by Crippen LogP contribution is -2.34. The van der Waals surface area contributed by atoms with Gasteiger partial charge in [-0.3, -0.25) is 14.4 Å². The number of carbonyl (C=O) groups excluding carboxylic acids is 3. The Bertz CT molecular complexity index is 882. The molecule has 1 aromatic carbocycles. The molecule has 3 aliphatic carbocycles. The quantitative estimate of drug-likeness (QED) is 0.486. The van der Waals surface area contributed by atoms with E-state index in [9.17, 15) is 14.4 Å². The Labute approximate surface area is 170 Å². The molecule has 1 saturated heterocycles. The zero-order valence-electron chi connectivity index (χ0n) is 16.4. The summed E-state index contributed by atoms with van der Waals surface area (Å²) in [6, 6.07) is 7.60. The summed E-state index contributed by atoms with van der Waals surface area (Å²) in [5.41, 5.74) is 1.41. The molecule has 1 aliphatic heterocycles. The SMILES string of the molecule is O=C(/C=C/c1cccc(N2C(=O)[C@@H]3[C@H](C2=O)[C@@H]2C=C[C@@H]3C2)c1)NC1CCCCC1. The molecule has 5 nitrogen and oxygen atoms in total. The number of imide groups is 1. The molecule has 2 saturated carbocycles. The van der Waals surface area contributed by atoms with E-state index in [2.05, 4.69) is 17.5 Å². The smallest absolute Gasteiger partial charge is 0.244 e. The highest BCUT2D eigenvalue weighted by Crippen LogP contribution is 2.53. The summed E-state index contributed by atoms with van der Waals surface area (Å²) < 4.78 is 0. The number of hydrogen-bond acceptors (Lipinski definition) is 3. The van der Waals surface area contributed by atoms with Gasteiger partial charge in [-0.1, -0.05) is 43.5 Å². The monoisotopic (exact) mass is 390 g/mol. The summed E-state index contributed by atoms with van der Waals surface area (Å²) in [4.78, 5) is 39.5. The summed E-state index contributed by atoms with van der Waals surface area (Å²) in [6.07, 6.45) is 14.1. The van der Waals surface area contributed by atoms with Gasteiger partial charge >= 0.3 is 0 Å². The van der Waals surface area contributed by atoms with Crippen LogP contribution in [0.5, 0.6) is 0 Å². The Kier molecular flexibility index (Phi) is 4.61. The number of nitrogens with zero attached hydrogens (tertiary/aromatic N) is 1. The summed E-state index contributed by atoms with van der Waals surface area (Å²) >= 11 is 0. The Hall–Kier alpha value is -2.69. The third kappa shape index (κ3) is 3.22. The molecule has 5 rings (SSSR count). The van der Waals surface area contributed by atoms with Gasteiger partial charge in [-0.05, 0) is 54.9 Å². The second kappa shape index (κ2) is 7.29. The number of carbonyl (C=O) groups is 3. The highest BCUT2D eigenvalue weighted by Gasteiger charge is 2.59. The van der Waals surface area contributed by atoms with E-state index in [-0.39, 0.29) is 47.4 Å². The number of allylic oxidation sites excluding steroid dienone is 2. The fourth-order valence-corrected chi connectivity index (χ4v) is 5.59. The first-order valence-corrected chi connectivity index (χ1v) is 10.8. The van der Waals surface area contributed by atoms with Gasteiger partial charge in [-0.15, -0.1) is 0 Å². The molecule has 5 heteroatoms. The van der Waals surface area contributed by atoms with Gasteiger partial charge in [-0.25, -0.2) is 4.90 Å². The van der Waals surface area contributed by atoms with Gasteiger partial charge in [0, 0.05) is 12.1 Å². The molecule has 0 aromatic heterocycles. The van der Waals surface area contributed by atoms with E-state index in [0.29, 0.717) is 5.69 Å². The third-order valence-electron chi connectivity index (χ3n) is 6.98. The largest absolute Gasteiger partial charge is 0.350 e. The number of anilines is 1. The van der Waals surface area contributed by atoms with Crippen LogP contribution in [0.3, 0.4) is 0 Å². The average Bonchev–Trinajstić information content (AvgIpc) is 3.41. The van der Waals surface area contributed by atoms with Crippen LogP contribution in [0.15, 0.2) is 42.5 Å². The number of fused-ring (bicyclic) bond motifs is 5. The van der Waals surface area contributed by atoms with Gasteiger partial charge in [0.05, 0.1) is 17.5 Å². The number of rotatable bonds is 4. The van der Waals surface area contributed by atoms with Crippen molar-refractivity contribution >= 4 is 29.5 Å². The van der Waals surface area contributed by atoms with Gasteiger partial charge in [0.15, 0.2) is 0 Å². The number of amides is 3. The van der Waals surface area contributed by atoms with Crippen molar-refractivity contribution in [3.05, 3.63) is 48.1 Å². The van der Waals surface area contributed by atoms with E-state index in [0.717, 1.165) is 24.8 Å². The number of benzene rings is 1. The molecule has 0 unspecified atom stereocenters. The molecular formula is C24H26N2O3. The molecule has 2 bridgehead atoms. The maximum Gasteiger partial charge on any atom is 0.244 e. The van der Waals surface area contributed by atoms with Crippen molar-refractivity contribution in [2.45, 2.75) is 44.6 Å². The van der Waals surface area contributed by atoms with Crippen molar-refractivity contribution in [3.8, 4) is 0 Å². The topological polar surface area (TPSA) is 66.5 Å². The summed E-state index contributed by atoms with van der Waals surface area (Å²) in [5, 5.41) is 3.07. The average molecular weight is 390 g/mol. The zero-order chi connectivity index (χ0) is 20.0. The molecule has 1 N–H and O–H groups in total. The predicted octanol–water partition coefficient (Wildman–Crippen LogP) is 3.46. The minimum Gasteiger partial charge on any atom is -0.350 e. The normalized spacial score (nSPS) is 31.1. The van der Waals surface area contributed by atoms with E-state index in [1.807, 2.05) is 18.2 Å².